The molecule has 6 nitrogen and oxygen atoms in total. The number of H-pyrrole nitrogens is 1. The molecule has 0 atom stereocenters. The van der Waals surface area contributed by atoms with Gasteiger partial charge in [-0.15, -0.1) is 0 Å². The molecule has 96 valence electrons. The number of sulfone groups is 1. The molecule has 1 heterocycles. The van der Waals surface area contributed by atoms with Gasteiger partial charge in [0.25, 0.3) is 5.56 Å². The maximum absolute atomic E-state index is 11.5. The zero-order valence-electron chi connectivity index (χ0n) is 9.27. The third-order valence-corrected chi connectivity index (χ3v) is 4.53. The van der Waals surface area contributed by atoms with E-state index in [1.54, 1.807) is 6.92 Å². The highest BCUT2D eigenvalue weighted by molar-refractivity contribution is 9.10. The molecular formula is C9H13BrN2O4S. The van der Waals surface area contributed by atoms with Gasteiger partial charge in [0.15, 0.2) is 9.84 Å². The summed E-state index contributed by atoms with van der Waals surface area (Å²) >= 11 is 2.98. The first kappa shape index (κ1) is 14.2. The Balaban J connectivity index is 2.88. The van der Waals surface area contributed by atoms with Crippen molar-refractivity contribution < 1.29 is 8.42 Å². The van der Waals surface area contributed by atoms with Crippen LogP contribution in [0, 0.1) is 0 Å². The van der Waals surface area contributed by atoms with Crippen molar-refractivity contribution in [1.29, 1.82) is 0 Å². The molecule has 0 aliphatic carbocycles. The lowest BCUT2D eigenvalue weighted by Gasteiger charge is -2.05. The second kappa shape index (κ2) is 5.63. The van der Waals surface area contributed by atoms with Gasteiger partial charge < -0.3 is 0 Å². The first-order valence-corrected chi connectivity index (χ1v) is 7.67. The molecule has 1 N–H and O–H groups in total. The van der Waals surface area contributed by atoms with Crippen LogP contribution in [-0.2, 0) is 16.4 Å². The van der Waals surface area contributed by atoms with E-state index in [-0.39, 0.29) is 22.5 Å². The minimum atomic E-state index is -3.14. The first-order valence-electron chi connectivity index (χ1n) is 5.05. The number of aromatic nitrogens is 2. The van der Waals surface area contributed by atoms with Crippen molar-refractivity contribution in [3.63, 3.8) is 0 Å². The number of nitrogens with zero attached hydrogens (tertiary/aromatic N) is 1. The van der Waals surface area contributed by atoms with Crippen molar-refractivity contribution in [1.82, 2.24) is 9.55 Å². The Kier molecular flexibility index (Phi) is 4.70. The van der Waals surface area contributed by atoms with Gasteiger partial charge in [0.1, 0.15) is 0 Å². The lowest BCUT2D eigenvalue weighted by molar-refractivity contribution is 0.584. The molecule has 0 unspecified atom stereocenters. The number of aryl methyl sites for hydroxylation is 1. The summed E-state index contributed by atoms with van der Waals surface area (Å²) in [7, 11) is -3.14. The van der Waals surface area contributed by atoms with Crippen molar-refractivity contribution in [3.8, 4) is 0 Å². The highest BCUT2D eigenvalue weighted by Crippen LogP contribution is 1.99. The summed E-state index contributed by atoms with van der Waals surface area (Å²) in [6.45, 7) is 1.82. The minimum Gasteiger partial charge on any atom is -0.298 e. The summed E-state index contributed by atoms with van der Waals surface area (Å²) in [5.41, 5.74) is -1.13. The third kappa shape index (κ3) is 4.12. The highest BCUT2D eigenvalue weighted by Gasteiger charge is 2.10. The average Bonchev–Trinajstić information content (AvgIpc) is 2.21. The number of rotatable bonds is 5. The number of hydrogen-bond acceptors (Lipinski definition) is 4. The van der Waals surface area contributed by atoms with E-state index in [0.717, 1.165) is 0 Å². The fraction of sp³-hybridized carbons (Fsp3) is 0.556. The molecule has 0 bridgehead atoms. The molecule has 8 heteroatoms. The Morgan fingerprint density at radius 3 is 2.59 bits per heavy atom. The molecule has 0 spiro atoms. The standard InChI is InChI=1S/C9H13BrN2O4S/c1-2-4-17(15,16)5-3-12-6-7(10)8(13)11-9(12)14/h6H,2-5H2,1H3,(H,11,13,14). The maximum Gasteiger partial charge on any atom is 0.328 e. The number of aromatic amines is 1. The van der Waals surface area contributed by atoms with Crippen LogP contribution in [0.3, 0.4) is 0 Å². The van der Waals surface area contributed by atoms with Gasteiger partial charge in [0.05, 0.1) is 10.2 Å². The lowest BCUT2D eigenvalue weighted by Crippen LogP contribution is -2.31. The van der Waals surface area contributed by atoms with Crippen LogP contribution in [0.5, 0.6) is 0 Å². The predicted molar refractivity (Wildman–Crippen MR) is 68.0 cm³/mol. The van der Waals surface area contributed by atoms with Crippen LogP contribution in [0.15, 0.2) is 20.3 Å². The Hall–Kier alpha value is -0.890. The second-order valence-corrected chi connectivity index (χ2v) is 6.74. The normalized spacial score (nSPS) is 11.6. The van der Waals surface area contributed by atoms with Crippen molar-refractivity contribution in [2.45, 2.75) is 19.9 Å². The maximum atomic E-state index is 11.5. The quantitative estimate of drug-likeness (QED) is 0.833. The van der Waals surface area contributed by atoms with Crippen LogP contribution in [0.1, 0.15) is 13.3 Å². The lowest BCUT2D eigenvalue weighted by atomic mass is 10.6. The van der Waals surface area contributed by atoms with Gasteiger partial charge in [-0.25, -0.2) is 13.2 Å². The van der Waals surface area contributed by atoms with Crippen molar-refractivity contribution in [2.24, 2.45) is 0 Å². The van der Waals surface area contributed by atoms with E-state index < -0.39 is 21.1 Å². The van der Waals surface area contributed by atoms with E-state index in [4.69, 9.17) is 0 Å². The Morgan fingerprint density at radius 2 is 2.00 bits per heavy atom. The third-order valence-electron chi connectivity index (χ3n) is 2.13. The van der Waals surface area contributed by atoms with Gasteiger partial charge in [-0.05, 0) is 22.4 Å². The van der Waals surface area contributed by atoms with E-state index in [2.05, 4.69) is 20.9 Å². The fourth-order valence-electron chi connectivity index (χ4n) is 1.30. The van der Waals surface area contributed by atoms with Gasteiger partial charge in [0.2, 0.25) is 0 Å². The van der Waals surface area contributed by atoms with Crippen LogP contribution < -0.4 is 11.2 Å². The van der Waals surface area contributed by atoms with E-state index in [9.17, 15) is 18.0 Å². The topological polar surface area (TPSA) is 89.0 Å². The van der Waals surface area contributed by atoms with Crippen LogP contribution in [0.25, 0.3) is 0 Å². The SMILES string of the molecule is CCCS(=O)(=O)CCn1cc(Br)c(=O)[nH]c1=O. The van der Waals surface area contributed by atoms with Gasteiger partial charge in [-0.3, -0.25) is 14.3 Å². The zero-order valence-corrected chi connectivity index (χ0v) is 11.7. The van der Waals surface area contributed by atoms with E-state index in [1.165, 1.54) is 10.8 Å². The van der Waals surface area contributed by atoms with E-state index >= 15 is 0 Å². The number of nitrogens with one attached hydrogen (secondary N) is 1. The smallest absolute Gasteiger partial charge is 0.298 e. The van der Waals surface area contributed by atoms with Crippen LogP contribution >= 0.6 is 15.9 Å². The molecule has 1 aromatic heterocycles. The van der Waals surface area contributed by atoms with Gasteiger partial charge >= 0.3 is 5.69 Å². The molecule has 0 radical (unpaired) electrons. The minimum absolute atomic E-state index is 0.0382. The van der Waals surface area contributed by atoms with Crippen LogP contribution in [0.2, 0.25) is 0 Å². The second-order valence-electron chi connectivity index (χ2n) is 3.58. The molecule has 0 fully saturated rings. The predicted octanol–water partition coefficient (Wildman–Crippen LogP) is 0.124. The molecule has 0 saturated heterocycles. The summed E-state index contributed by atoms with van der Waals surface area (Å²) < 4.78 is 24.3. The summed E-state index contributed by atoms with van der Waals surface area (Å²) in [5.74, 6) is -0.00843. The monoisotopic (exact) mass is 324 g/mol. The molecule has 1 aromatic rings. The summed E-state index contributed by atoms with van der Waals surface area (Å²) in [6, 6.07) is 0. The highest BCUT2D eigenvalue weighted by atomic mass is 79.9. The Labute approximate surface area is 107 Å². The zero-order chi connectivity index (χ0) is 13.1. The summed E-state index contributed by atoms with van der Waals surface area (Å²) in [6.07, 6.45) is 1.84. The van der Waals surface area contributed by atoms with E-state index in [0.29, 0.717) is 6.42 Å². The Bertz CT molecular complexity index is 602. The van der Waals surface area contributed by atoms with Gasteiger partial charge in [-0.1, -0.05) is 6.92 Å². The molecule has 0 aromatic carbocycles. The van der Waals surface area contributed by atoms with Gasteiger partial charge in [0, 0.05) is 18.5 Å². The largest absolute Gasteiger partial charge is 0.328 e. The molecule has 1 rings (SSSR count). The summed E-state index contributed by atoms with van der Waals surface area (Å²) in [4.78, 5) is 24.5. The molecule has 0 aliphatic heterocycles. The molecule has 17 heavy (non-hydrogen) atoms. The van der Waals surface area contributed by atoms with Crippen LogP contribution in [0.4, 0.5) is 0 Å². The molecular weight excluding hydrogens is 312 g/mol. The average molecular weight is 325 g/mol. The molecule has 0 amide bonds. The first-order chi connectivity index (χ1) is 7.85. The molecule has 0 aliphatic rings. The Morgan fingerprint density at radius 1 is 1.35 bits per heavy atom. The number of hydrogen-bond donors (Lipinski definition) is 1. The number of halogens is 1. The van der Waals surface area contributed by atoms with Crippen molar-refractivity contribution >= 4 is 25.8 Å². The summed E-state index contributed by atoms with van der Waals surface area (Å²) in [5, 5.41) is 0. The van der Waals surface area contributed by atoms with Crippen molar-refractivity contribution in [2.75, 3.05) is 11.5 Å². The van der Waals surface area contributed by atoms with Crippen LogP contribution in [-0.4, -0.2) is 29.5 Å². The fourth-order valence-corrected chi connectivity index (χ4v) is 2.95. The molecule has 0 saturated carbocycles. The van der Waals surface area contributed by atoms with E-state index in [1.807, 2.05) is 0 Å². The van der Waals surface area contributed by atoms with Crippen molar-refractivity contribution in [3.05, 3.63) is 31.5 Å². The van der Waals surface area contributed by atoms with Gasteiger partial charge in [-0.2, -0.15) is 0 Å².